The van der Waals surface area contributed by atoms with Crippen LogP contribution in [-0.2, 0) is 11.3 Å². The number of ether oxygens (including phenoxy) is 2. The highest BCUT2D eigenvalue weighted by Gasteiger charge is 2.50. The van der Waals surface area contributed by atoms with E-state index in [1.165, 1.54) is 14.2 Å². The number of amides is 2. The van der Waals surface area contributed by atoms with E-state index in [1.807, 2.05) is 6.07 Å². The molecule has 0 spiro atoms. The highest BCUT2D eigenvalue weighted by atomic mass is 35.5. The molecule has 0 saturated carbocycles. The van der Waals surface area contributed by atoms with Gasteiger partial charge in [-0.05, 0) is 23.8 Å². The summed E-state index contributed by atoms with van der Waals surface area (Å²) in [6, 6.07) is 8.19. The predicted molar refractivity (Wildman–Crippen MR) is 113 cm³/mol. The summed E-state index contributed by atoms with van der Waals surface area (Å²) in [5.41, 5.74) is 2.06. The molecule has 0 unspecified atom stereocenters. The average Bonchev–Trinajstić information content (AvgIpc) is 3.26. The first kappa shape index (κ1) is 20.2. The molecule has 2 aromatic rings. The molecule has 2 aromatic carbocycles. The van der Waals surface area contributed by atoms with Gasteiger partial charge in [-0.3, -0.25) is 9.59 Å². The van der Waals surface area contributed by atoms with Crippen molar-refractivity contribution in [1.29, 1.82) is 0 Å². The van der Waals surface area contributed by atoms with Gasteiger partial charge in [0.05, 0.1) is 19.8 Å². The number of carbonyl (C=O) groups is 2. The van der Waals surface area contributed by atoms with E-state index in [-0.39, 0.29) is 23.7 Å². The molecule has 1 saturated heterocycles. The molecule has 4 rings (SSSR count). The second-order valence-corrected chi connectivity index (χ2v) is 8.59. The third-order valence-electron chi connectivity index (χ3n) is 5.06. The quantitative estimate of drug-likeness (QED) is 0.744. The lowest BCUT2D eigenvalue weighted by atomic mass is 10.1. The monoisotopic (exact) mass is 452 g/mol. The van der Waals surface area contributed by atoms with Gasteiger partial charge >= 0.3 is 0 Å². The molecule has 6 nitrogen and oxygen atoms in total. The van der Waals surface area contributed by atoms with E-state index in [1.54, 1.807) is 40.9 Å². The number of halogens is 2. The van der Waals surface area contributed by atoms with Crippen LogP contribution >= 0.6 is 35.0 Å². The Morgan fingerprint density at radius 1 is 1.24 bits per heavy atom. The number of fused-ring (bicyclic) bond motifs is 3. The van der Waals surface area contributed by atoms with Crippen LogP contribution in [0, 0.1) is 0 Å². The molecule has 2 aliphatic rings. The normalized spacial score (nSPS) is 19.7. The van der Waals surface area contributed by atoms with Crippen molar-refractivity contribution >= 4 is 46.8 Å². The van der Waals surface area contributed by atoms with Crippen LogP contribution in [-0.4, -0.2) is 42.7 Å². The molecule has 1 fully saturated rings. The molecule has 2 heterocycles. The lowest BCUT2D eigenvalue weighted by Gasteiger charge is -2.22. The van der Waals surface area contributed by atoms with E-state index in [9.17, 15) is 9.59 Å². The fraction of sp³-hybridized carbons (Fsp3) is 0.300. The van der Waals surface area contributed by atoms with Gasteiger partial charge in [0.25, 0.3) is 5.91 Å². The number of benzene rings is 2. The second-order valence-electron chi connectivity index (χ2n) is 6.63. The number of carbonyl (C=O) groups excluding carboxylic acids is 2. The lowest BCUT2D eigenvalue weighted by Crippen LogP contribution is -2.45. The smallest absolute Gasteiger partial charge is 0.260 e. The molecule has 152 valence electrons. The Bertz CT molecular complexity index is 1000. The third kappa shape index (κ3) is 3.41. The van der Waals surface area contributed by atoms with E-state index >= 15 is 0 Å². The maximum Gasteiger partial charge on any atom is 0.260 e. The Labute approximate surface area is 182 Å². The minimum absolute atomic E-state index is 0.216. The Balaban J connectivity index is 1.54. The first-order valence-corrected chi connectivity index (χ1v) is 10.7. The van der Waals surface area contributed by atoms with Gasteiger partial charge in [0.1, 0.15) is 11.4 Å². The van der Waals surface area contributed by atoms with Crippen molar-refractivity contribution in [1.82, 2.24) is 10.2 Å². The van der Waals surface area contributed by atoms with Gasteiger partial charge in [0.15, 0.2) is 11.5 Å². The number of nitrogens with zero attached hydrogens (tertiary/aromatic N) is 1. The van der Waals surface area contributed by atoms with Crippen molar-refractivity contribution < 1.29 is 19.1 Å². The summed E-state index contributed by atoms with van der Waals surface area (Å²) in [7, 11) is 3.03. The summed E-state index contributed by atoms with van der Waals surface area (Å²) in [5.74, 6) is 0.958. The van der Waals surface area contributed by atoms with Gasteiger partial charge in [0, 0.05) is 27.9 Å². The summed E-state index contributed by atoms with van der Waals surface area (Å²) in [4.78, 5) is 27.7. The molecule has 9 heteroatoms. The van der Waals surface area contributed by atoms with Crippen LogP contribution < -0.4 is 14.8 Å². The highest BCUT2D eigenvalue weighted by Crippen LogP contribution is 2.52. The van der Waals surface area contributed by atoms with Crippen LogP contribution in [0.4, 0.5) is 0 Å². The number of methoxy groups -OCH3 is 2. The van der Waals surface area contributed by atoms with Crippen LogP contribution in [0.15, 0.2) is 30.3 Å². The molecule has 1 N–H and O–H groups in total. The van der Waals surface area contributed by atoms with E-state index in [4.69, 9.17) is 32.7 Å². The Hall–Kier alpha value is -2.09. The largest absolute Gasteiger partial charge is 0.493 e. The summed E-state index contributed by atoms with van der Waals surface area (Å²) < 4.78 is 10.7. The van der Waals surface area contributed by atoms with Crippen molar-refractivity contribution in [3.05, 3.63) is 57.1 Å². The lowest BCUT2D eigenvalue weighted by molar-refractivity contribution is -0.124. The van der Waals surface area contributed by atoms with Crippen molar-refractivity contribution in [3.8, 4) is 11.5 Å². The fourth-order valence-electron chi connectivity index (χ4n) is 3.66. The minimum Gasteiger partial charge on any atom is -0.493 e. The molecular weight excluding hydrogens is 435 g/mol. The molecular formula is C20H18Cl2N2O4S. The van der Waals surface area contributed by atoms with Crippen LogP contribution in [0.2, 0.25) is 10.0 Å². The second kappa shape index (κ2) is 7.97. The zero-order valence-electron chi connectivity index (χ0n) is 15.7. The number of nitrogens with one attached hydrogen (secondary N) is 1. The summed E-state index contributed by atoms with van der Waals surface area (Å²) in [5, 5.41) is 3.68. The zero-order valence-corrected chi connectivity index (χ0v) is 18.0. The number of hydrogen-bond acceptors (Lipinski definition) is 5. The maximum absolute atomic E-state index is 13.2. The van der Waals surface area contributed by atoms with Gasteiger partial charge in [0.2, 0.25) is 5.91 Å². The molecule has 2 aliphatic heterocycles. The number of thioether (sulfide) groups is 1. The first-order valence-electron chi connectivity index (χ1n) is 8.87. The van der Waals surface area contributed by atoms with E-state index in [0.717, 1.165) is 11.1 Å². The maximum atomic E-state index is 13.2. The van der Waals surface area contributed by atoms with Crippen LogP contribution in [0.1, 0.15) is 26.9 Å². The van der Waals surface area contributed by atoms with Gasteiger partial charge in [-0.15, -0.1) is 11.8 Å². The van der Waals surface area contributed by atoms with Crippen molar-refractivity contribution in [2.75, 3.05) is 20.0 Å². The highest BCUT2D eigenvalue weighted by molar-refractivity contribution is 7.99. The van der Waals surface area contributed by atoms with E-state index in [2.05, 4.69) is 5.32 Å². The van der Waals surface area contributed by atoms with Gasteiger partial charge in [-0.2, -0.15) is 0 Å². The SMILES string of the molecule is COc1ccc2c(c1OC)C(=O)N1[C@@H]2SC[C@H]1C(=O)NCc1ccc(Cl)cc1Cl. The van der Waals surface area contributed by atoms with E-state index in [0.29, 0.717) is 32.9 Å². The average molecular weight is 453 g/mol. The summed E-state index contributed by atoms with van der Waals surface area (Å²) >= 11 is 13.7. The first-order chi connectivity index (χ1) is 14.0. The Kier molecular flexibility index (Phi) is 5.55. The van der Waals surface area contributed by atoms with Crippen LogP contribution in [0.3, 0.4) is 0 Å². The molecule has 0 bridgehead atoms. The standard InChI is InChI=1S/C20H18Cl2N2O4S/c1-27-15-6-5-12-16(17(15)28-2)19(26)24-14(9-29-20(12)24)18(25)23-8-10-3-4-11(21)7-13(10)22/h3-7,14,20H,8-9H2,1-2H3,(H,23,25)/t14-,20+/m0/s1. The number of rotatable bonds is 5. The molecule has 0 radical (unpaired) electrons. The van der Waals surface area contributed by atoms with Crippen molar-refractivity contribution in [3.63, 3.8) is 0 Å². The number of hydrogen-bond donors (Lipinski definition) is 1. The van der Waals surface area contributed by atoms with Gasteiger partial charge in [-0.1, -0.05) is 35.3 Å². The summed E-state index contributed by atoms with van der Waals surface area (Å²) in [6.07, 6.45) is 0. The molecule has 0 aliphatic carbocycles. The Morgan fingerprint density at radius 3 is 2.72 bits per heavy atom. The van der Waals surface area contributed by atoms with Crippen LogP contribution in [0.5, 0.6) is 11.5 Å². The zero-order chi connectivity index (χ0) is 20.7. The molecule has 29 heavy (non-hydrogen) atoms. The van der Waals surface area contributed by atoms with Gasteiger partial charge < -0.3 is 19.7 Å². The topological polar surface area (TPSA) is 67.9 Å². The Morgan fingerprint density at radius 2 is 2.03 bits per heavy atom. The summed E-state index contributed by atoms with van der Waals surface area (Å²) in [6.45, 7) is 0.257. The third-order valence-corrected chi connectivity index (χ3v) is 6.96. The molecule has 2 amide bonds. The van der Waals surface area contributed by atoms with E-state index < -0.39 is 6.04 Å². The predicted octanol–water partition coefficient (Wildman–Crippen LogP) is 3.90. The minimum atomic E-state index is -0.577. The van der Waals surface area contributed by atoms with Crippen molar-refractivity contribution in [2.24, 2.45) is 0 Å². The molecule has 0 aromatic heterocycles. The molecule has 2 atom stereocenters. The fourth-order valence-corrected chi connectivity index (χ4v) is 5.59. The van der Waals surface area contributed by atoms with Crippen molar-refractivity contribution in [2.45, 2.75) is 18.0 Å². The van der Waals surface area contributed by atoms with Crippen LogP contribution in [0.25, 0.3) is 0 Å². The van der Waals surface area contributed by atoms with Gasteiger partial charge in [-0.25, -0.2) is 0 Å².